The van der Waals surface area contributed by atoms with Crippen molar-refractivity contribution >= 4 is 23.1 Å². The van der Waals surface area contributed by atoms with E-state index in [9.17, 15) is 14.9 Å². The molecule has 0 aliphatic carbocycles. The number of nitro groups is 1. The molecule has 1 aliphatic rings. The third-order valence-electron chi connectivity index (χ3n) is 3.93. The van der Waals surface area contributed by atoms with Gasteiger partial charge in [0.15, 0.2) is 0 Å². The predicted octanol–water partition coefficient (Wildman–Crippen LogP) is 3.31. The van der Waals surface area contributed by atoms with Gasteiger partial charge in [-0.2, -0.15) is 0 Å². The molecule has 0 bridgehead atoms. The quantitative estimate of drug-likeness (QED) is 0.666. The molecule has 1 saturated heterocycles. The van der Waals surface area contributed by atoms with Crippen LogP contribution < -0.4 is 10.6 Å². The summed E-state index contributed by atoms with van der Waals surface area (Å²) in [7, 11) is 0. The standard InChI is InChI=1S/C17H18N4O3/c22-17(19-14-7-4-8-16(11-14)21(23)24)20-10-9-15(12-20)18-13-5-2-1-3-6-13/h1-8,11,15,18H,9-10,12H2,(H,19,22). The van der Waals surface area contributed by atoms with Crippen molar-refractivity contribution in [1.29, 1.82) is 0 Å². The number of amides is 2. The summed E-state index contributed by atoms with van der Waals surface area (Å²) in [5.41, 5.74) is 1.41. The van der Waals surface area contributed by atoms with Crippen LogP contribution in [0.4, 0.5) is 21.9 Å². The van der Waals surface area contributed by atoms with Crippen molar-refractivity contribution in [2.24, 2.45) is 0 Å². The Bertz CT molecular complexity index is 736. The SMILES string of the molecule is O=C(Nc1cccc([N+](=O)[O-])c1)N1CCC(Nc2ccccc2)C1. The fourth-order valence-electron chi connectivity index (χ4n) is 2.73. The lowest BCUT2D eigenvalue weighted by atomic mass is 10.2. The first-order chi connectivity index (χ1) is 11.6. The maximum Gasteiger partial charge on any atom is 0.321 e. The van der Waals surface area contributed by atoms with Gasteiger partial charge in [0, 0.05) is 42.6 Å². The fourth-order valence-corrected chi connectivity index (χ4v) is 2.73. The molecule has 1 unspecified atom stereocenters. The zero-order chi connectivity index (χ0) is 16.9. The number of benzene rings is 2. The molecule has 0 spiro atoms. The lowest BCUT2D eigenvalue weighted by molar-refractivity contribution is -0.384. The Morgan fingerprint density at radius 2 is 1.88 bits per heavy atom. The highest BCUT2D eigenvalue weighted by atomic mass is 16.6. The minimum Gasteiger partial charge on any atom is -0.380 e. The molecule has 0 radical (unpaired) electrons. The summed E-state index contributed by atoms with van der Waals surface area (Å²) in [4.78, 5) is 24.3. The van der Waals surface area contributed by atoms with E-state index >= 15 is 0 Å². The molecule has 2 aromatic carbocycles. The number of carbonyl (C=O) groups excluding carboxylic acids is 1. The normalized spacial score (nSPS) is 16.7. The predicted molar refractivity (Wildman–Crippen MR) is 92.2 cm³/mol. The average molecular weight is 326 g/mol. The average Bonchev–Trinajstić information content (AvgIpc) is 3.04. The van der Waals surface area contributed by atoms with E-state index < -0.39 is 4.92 Å². The first-order valence-electron chi connectivity index (χ1n) is 7.74. The van der Waals surface area contributed by atoms with Gasteiger partial charge in [-0.15, -0.1) is 0 Å². The van der Waals surface area contributed by atoms with Gasteiger partial charge in [0.2, 0.25) is 0 Å². The van der Waals surface area contributed by atoms with Crippen molar-refractivity contribution in [2.75, 3.05) is 23.7 Å². The highest BCUT2D eigenvalue weighted by molar-refractivity contribution is 5.90. The smallest absolute Gasteiger partial charge is 0.321 e. The summed E-state index contributed by atoms with van der Waals surface area (Å²) in [6.45, 7) is 1.24. The second-order valence-corrected chi connectivity index (χ2v) is 5.68. The van der Waals surface area contributed by atoms with Crippen molar-refractivity contribution in [3.05, 3.63) is 64.7 Å². The van der Waals surface area contributed by atoms with Crippen LogP contribution in [0.15, 0.2) is 54.6 Å². The Hall–Kier alpha value is -3.09. The Morgan fingerprint density at radius 3 is 2.62 bits per heavy atom. The number of nitrogens with one attached hydrogen (secondary N) is 2. The molecule has 1 heterocycles. The van der Waals surface area contributed by atoms with E-state index in [0.29, 0.717) is 18.8 Å². The van der Waals surface area contributed by atoms with E-state index in [1.807, 2.05) is 30.3 Å². The van der Waals surface area contributed by atoms with Gasteiger partial charge < -0.3 is 15.5 Å². The summed E-state index contributed by atoms with van der Waals surface area (Å²) in [5, 5.41) is 16.9. The summed E-state index contributed by atoms with van der Waals surface area (Å²) in [6, 6.07) is 15.8. The largest absolute Gasteiger partial charge is 0.380 e. The number of non-ortho nitro benzene ring substituents is 1. The first kappa shape index (κ1) is 15.8. The number of hydrogen-bond acceptors (Lipinski definition) is 4. The number of carbonyl (C=O) groups is 1. The topological polar surface area (TPSA) is 87.5 Å². The van der Waals surface area contributed by atoms with Crippen LogP contribution in [0.25, 0.3) is 0 Å². The highest BCUT2D eigenvalue weighted by Crippen LogP contribution is 2.20. The van der Waals surface area contributed by atoms with Crippen molar-refractivity contribution in [2.45, 2.75) is 12.5 Å². The molecule has 0 saturated carbocycles. The molecule has 2 aromatic rings. The minimum absolute atomic E-state index is 0.0437. The molecule has 7 heteroatoms. The van der Waals surface area contributed by atoms with Gasteiger partial charge in [-0.25, -0.2) is 4.79 Å². The second-order valence-electron chi connectivity index (χ2n) is 5.68. The zero-order valence-electron chi connectivity index (χ0n) is 13.0. The minimum atomic E-state index is -0.481. The second kappa shape index (κ2) is 6.99. The van der Waals surface area contributed by atoms with Gasteiger partial charge in [-0.3, -0.25) is 10.1 Å². The number of hydrogen-bond donors (Lipinski definition) is 2. The van der Waals surface area contributed by atoms with Crippen LogP contribution in [0, 0.1) is 10.1 Å². The summed E-state index contributed by atoms with van der Waals surface area (Å²) in [5.74, 6) is 0. The number of urea groups is 1. The maximum absolute atomic E-state index is 12.3. The van der Waals surface area contributed by atoms with Gasteiger partial charge >= 0.3 is 6.03 Å². The van der Waals surface area contributed by atoms with Crippen LogP contribution in [0.1, 0.15) is 6.42 Å². The molecule has 0 aromatic heterocycles. The van der Waals surface area contributed by atoms with Gasteiger partial charge in [-0.05, 0) is 24.6 Å². The molecule has 2 amide bonds. The Balaban J connectivity index is 1.56. The van der Waals surface area contributed by atoms with Crippen molar-refractivity contribution in [3.8, 4) is 0 Å². The molecule has 124 valence electrons. The zero-order valence-corrected chi connectivity index (χ0v) is 13.0. The molecular weight excluding hydrogens is 308 g/mol. The fraction of sp³-hybridized carbons (Fsp3) is 0.235. The van der Waals surface area contributed by atoms with Gasteiger partial charge in [0.25, 0.3) is 5.69 Å². The monoisotopic (exact) mass is 326 g/mol. The number of likely N-dealkylation sites (tertiary alicyclic amines) is 1. The van der Waals surface area contributed by atoms with Gasteiger partial charge in [0.1, 0.15) is 0 Å². The number of nitro benzene ring substituents is 1. The van der Waals surface area contributed by atoms with E-state index in [4.69, 9.17) is 0 Å². The summed E-state index contributed by atoms with van der Waals surface area (Å²) in [6.07, 6.45) is 0.858. The van der Waals surface area contributed by atoms with Crippen LogP contribution in [0.2, 0.25) is 0 Å². The van der Waals surface area contributed by atoms with Crippen LogP contribution in [0.3, 0.4) is 0 Å². The first-order valence-corrected chi connectivity index (χ1v) is 7.74. The Kier molecular flexibility index (Phi) is 4.60. The van der Waals surface area contributed by atoms with Crippen LogP contribution in [-0.4, -0.2) is 35.0 Å². The molecular formula is C17H18N4O3. The molecule has 1 fully saturated rings. The summed E-state index contributed by atoms with van der Waals surface area (Å²) < 4.78 is 0. The third-order valence-corrected chi connectivity index (χ3v) is 3.93. The van der Waals surface area contributed by atoms with Crippen LogP contribution in [-0.2, 0) is 0 Å². The van der Waals surface area contributed by atoms with Crippen molar-refractivity contribution in [3.63, 3.8) is 0 Å². The molecule has 1 aliphatic heterocycles. The van der Waals surface area contributed by atoms with Gasteiger partial charge in [-0.1, -0.05) is 24.3 Å². The van der Waals surface area contributed by atoms with Crippen LogP contribution in [0.5, 0.6) is 0 Å². The van der Waals surface area contributed by atoms with Crippen molar-refractivity contribution in [1.82, 2.24) is 4.90 Å². The van der Waals surface area contributed by atoms with E-state index in [-0.39, 0.29) is 17.8 Å². The molecule has 2 N–H and O–H groups in total. The molecule has 1 atom stereocenters. The highest BCUT2D eigenvalue weighted by Gasteiger charge is 2.26. The number of anilines is 2. The molecule has 3 rings (SSSR count). The summed E-state index contributed by atoms with van der Waals surface area (Å²) >= 11 is 0. The van der Waals surface area contributed by atoms with Crippen molar-refractivity contribution < 1.29 is 9.72 Å². The Morgan fingerprint density at radius 1 is 1.12 bits per heavy atom. The number of para-hydroxylation sites is 1. The molecule has 7 nitrogen and oxygen atoms in total. The molecule has 24 heavy (non-hydrogen) atoms. The lowest BCUT2D eigenvalue weighted by Gasteiger charge is -2.18. The van der Waals surface area contributed by atoms with E-state index in [0.717, 1.165) is 12.1 Å². The van der Waals surface area contributed by atoms with Crippen LogP contribution >= 0.6 is 0 Å². The maximum atomic E-state index is 12.3. The number of nitrogens with zero attached hydrogens (tertiary/aromatic N) is 2. The lowest BCUT2D eigenvalue weighted by Crippen LogP contribution is -2.34. The van der Waals surface area contributed by atoms with E-state index in [1.54, 1.807) is 17.0 Å². The third kappa shape index (κ3) is 3.81. The van der Waals surface area contributed by atoms with Gasteiger partial charge in [0.05, 0.1) is 4.92 Å². The Labute approximate surface area is 139 Å². The van der Waals surface area contributed by atoms with E-state index in [2.05, 4.69) is 10.6 Å². The number of rotatable bonds is 4. The van der Waals surface area contributed by atoms with E-state index in [1.165, 1.54) is 12.1 Å².